The molecule has 0 aliphatic heterocycles. The second-order valence-corrected chi connectivity index (χ2v) is 5.25. The van der Waals surface area contributed by atoms with Crippen LogP contribution in [-0.4, -0.2) is 22.4 Å². The average Bonchev–Trinajstić information content (AvgIpc) is 2.43. The van der Waals surface area contributed by atoms with Crippen molar-refractivity contribution in [3.8, 4) is 0 Å². The molecule has 0 fully saturated rings. The highest BCUT2D eigenvalue weighted by molar-refractivity contribution is 8.00. The van der Waals surface area contributed by atoms with Gasteiger partial charge in [-0.15, -0.1) is 23.1 Å². The van der Waals surface area contributed by atoms with Gasteiger partial charge in [0, 0.05) is 0 Å². The van der Waals surface area contributed by atoms with Crippen LogP contribution in [0.1, 0.15) is 15.2 Å². The molecule has 4 nitrogen and oxygen atoms in total. The largest absolute Gasteiger partial charge is 0.477 e. The number of carbonyl (C=O) groups is 1. The van der Waals surface area contributed by atoms with Crippen LogP contribution >= 0.6 is 35.3 Å². The fourth-order valence-electron chi connectivity index (χ4n) is 1.10. The number of thiocarbonyl (C=S) groups is 1. The second kappa shape index (κ2) is 4.82. The normalized spacial score (nSPS) is 10.0. The number of hydrogen-bond acceptors (Lipinski definition) is 4. The summed E-state index contributed by atoms with van der Waals surface area (Å²) in [7, 11) is 0. The number of nitrogens with one attached hydrogen (secondary N) is 1. The highest BCUT2D eigenvalue weighted by Crippen LogP contribution is 2.38. The van der Waals surface area contributed by atoms with Crippen molar-refractivity contribution in [2.24, 2.45) is 5.73 Å². The van der Waals surface area contributed by atoms with Gasteiger partial charge in [0.05, 0.1) is 9.90 Å². The maximum Gasteiger partial charge on any atom is 0.346 e. The van der Waals surface area contributed by atoms with Crippen molar-refractivity contribution in [1.82, 2.24) is 0 Å². The van der Waals surface area contributed by atoms with Gasteiger partial charge in [0.2, 0.25) is 0 Å². The average molecular weight is 262 g/mol. The van der Waals surface area contributed by atoms with Crippen LogP contribution in [0, 0.1) is 6.92 Å². The summed E-state index contributed by atoms with van der Waals surface area (Å²) >= 11 is 7.42. The summed E-state index contributed by atoms with van der Waals surface area (Å²) < 4.78 is 0.873. The Morgan fingerprint density at radius 1 is 1.67 bits per heavy atom. The number of hydrogen-bond donors (Lipinski definition) is 3. The van der Waals surface area contributed by atoms with Crippen LogP contribution in [0.4, 0.5) is 5.69 Å². The molecular formula is C8H10N2O2S3. The number of thiophene rings is 1. The molecule has 4 N–H and O–H groups in total. The van der Waals surface area contributed by atoms with Crippen molar-refractivity contribution < 1.29 is 9.90 Å². The standard InChI is InChI=1S/C8H10N2O2S3/c1-3-4(10-8(9)13)7(14-2)15-5(3)6(11)12/h1-2H3,(H,11,12)(H3,9,10,13). The van der Waals surface area contributed by atoms with Gasteiger partial charge in [-0.3, -0.25) is 0 Å². The Kier molecular flexibility index (Phi) is 3.95. The van der Waals surface area contributed by atoms with E-state index in [-0.39, 0.29) is 5.11 Å². The third kappa shape index (κ3) is 2.61. The number of aromatic carboxylic acids is 1. The van der Waals surface area contributed by atoms with Gasteiger partial charge in [0.1, 0.15) is 4.88 Å². The molecule has 0 bridgehead atoms. The maximum absolute atomic E-state index is 10.9. The summed E-state index contributed by atoms with van der Waals surface area (Å²) in [5.74, 6) is -0.927. The first kappa shape index (κ1) is 12.3. The Hall–Kier alpha value is -0.790. The van der Waals surface area contributed by atoms with E-state index in [2.05, 4.69) is 5.32 Å². The van der Waals surface area contributed by atoms with Crippen molar-refractivity contribution in [1.29, 1.82) is 0 Å². The number of rotatable bonds is 3. The summed E-state index contributed by atoms with van der Waals surface area (Å²) in [6.07, 6.45) is 1.88. The summed E-state index contributed by atoms with van der Waals surface area (Å²) in [4.78, 5) is 11.2. The van der Waals surface area contributed by atoms with Gasteiger partial charge >= 0.3 is 5.97 Å². The fourth-order valence-corrected chi connectivity index (χ4v) is 3.03. The molecule has 0 aliphatic rings. The van der Waals surface area contributed by atoms with E-state index in [4.69, 9.17) is 23.1 Å². The highest BCUT2D eigenvalue weighted by atomic mass is 32.2. The first-order chi connectivity index (χ1) is 6.97. The Balaban J connectivity index is 3.23. The number of anilines is 1. The molecule has 1 heterocycles. The van der Waals surface area contributed by atoms with E-state index in [0.29, 0.717) is 16.1 Å². The summed E-state index contributed by atoms with van der Waals surface area (Å²) in [6, 6.07) is 0. The van der Waals surface area contributed by atoms with Crippen LogP contribution in [-0.2, 0) is 0 Å². The minimum absolute atomic E-state index is 0.142. The van der Waals surface area contributed by atoms with E-state index >= 15 is 0 Å². The van der Waals surface area contributed by atoms with Crippen molar-refractivity contribution >= 4 is 52.1 Å². The van der Waals surface area contributed by atoms with E-state index in [1.54, 1.807) is 6.92 Å². The number of thioether (sulfide) groups is 1. The van der Waals surface area contributed by atoms with Gasteiger partial charge in [0.15, 0.2) is 5.11 Å². The van der Waals surface area contributed by atoms with Gasteiger partial charge in [-0.2, -0.15) is 0 Å². The zero-order valence-corrected chi connectivity index (χ0v) is 10.6. The topological polar surface area (TPSA) is 75.3 Å². The number of carboxylic acids is 1. The second-order valence-electron chi connectivity index (χ2n) is 2.72. The Bertz CT molecular complexity index is 414. The Morgan fingerprint density at radius 3 is 2.67 bits per heavy atom. The minimum atomic E-state index is -0.927. The van der Waals surface area contributed by atoms with Gasteiger partial charge in [0.25, 0.3) is 0 Å². The first-order valence-corrected chi connectivity index (χ1v) is 6.39. The highest BCUT2D eigenvalue weighted by Gasteiger charge is 2.19. The van der Waals surface area contributed by atoms with Crippen LogP contribution < -0.4 is 11.1 Å². The van der Waals surface area contributed by atoms with Crippen LogP contribution in [0.5, 0.6) is 0 Å². The molecule has 0 saturated carbocycles. The van der Waals surface area contributed by atoms with Crippen LogP contribution in [0.25, 0.3) is 0 Å². The third-order valence-corrected chi connectivity index (χ3v) is 4.24. The summed E-state index contributed by atoms with van der Waals surface area (Å²) in [6.45, 7) is 1.74. The molecule has 1 aromatic heterocycles. The van der Waals surface area contributed by atoms with E-state index in [1.807, 2.05) is 6.26 Å². The molecule has 0 aromatic carbocycles. The van der Waals surface area contributed by atoms with Gasteiger partial charge in [-0.1, -0.05) is 0 Å². The molecule has 1 aromatic rings. The quantitative estimate of drug-likeness (QED) is 0.572. The molecule has 0 unspecified atom stereocenters. The van der Waals surface area contributed by atoms with E-state index in [0.717, 1.165) is 4.21 Å². The van der Waals surface area contributed by atoms with Crippen LogP contribution in [0.3, 0.4) is 0 Å². The Morgan fingerprint density at radius 2 is 2.27 bits per heavy atom. The molecule has 7 heteroatoms. The third-order valence-electron chi connectivity index (χ3n) is 1.74. The van der Waals surface area contributed by atoms with Gasteiger partial charge in [-0.25, -0.2) is 4.79 Å². The lowest BCUT2D eigenvalue weighted by atomic mass is 10.2. The van der Waals surface area contributed by atoms with Crippen molar-refractivity contribution in [3.63, 3.8) is 0 Å². The molecule has 0 spiro atoms. The van der Waals surface area contributed by atoms with E-state index < -0.39 is 5.97 Å². The number of nitrogens with two attached hydrogens (primary N) is 1. The maximum atomic E-state index is 10.9. The molecule has 82 valence electrons. The summed E-state index contributed by atoms with van der Waals surface area (Å²) in [5, 5.41) is 11.9. The minimum Gasteiger partial charge on any atom is -0.477 e. The summed E-state index contributed by atoms with van der Waals surface area (Å²) in [5.41, 5.74) is 6.75. The monoisotopic (exact) mass is 262 g/mol. The zero-order chi connectivity index (χ0) is 11.6. The van der Waals surface area contributed by atoms with Crippen molar-refractivity contribution in [3.05, 3.63) is 10.4 Å². The smallest absolute Gasteiger partial charge is 0.346 e. The fraction of sp³-hybridized carbons (Fsp3) is 0.250. The first-order valence-electron chi connectivity index (χ1n) is 3.94. The predicted octanol–water partition coefficient (Wildman–Crippen LogP) is 2.13. The lowest BCUT2D eigenvalue weighted by molar-refractivity contribution is 0.0701. The molecule has 0 amide bonds. The number of carboxylic acid groups (broad SMARTS) is 1. The van der Waals surface area contributed by atoms with Crippen molar-refractivity contribution in [2.75, 3.05) is 11.6 Å². The van der Waals surface area contributed by atoms with Crippen LogP contribution in [0.15, 0.2) is 4.21 Å². The molecule has 0 saturated heterocycles. The Labute approximate surface area is 101 Å². The molecule has 0 atom stereocenters. The molecule has 0 aliphatic carbocycles. The molecular weight excluding hydrogens is 252 g/mol. The lowest BCUT2D eigenvalue weighted by Gasteiger charge is -2.04. The SMILES string of the molecule is CSc1sc(C(=O)O)c(C)c1NC(N)=S. The molecule has 0 radical (unpaired) electrons. The van der Waals surface area contributed by atoms with E-state index in [1.165, 1.54) is 23.1 Å². The lowest BCUT2D eigenvalue weighted by Crippen LogP contribution is -2.19. The predicted molar refractivity (Wildman–Crippen MR) is 68.2 cm³/mol. The van der Waals surface area contributed by atoms with Gasteiger partial charge in [-0.05, 0) is 31.0 Å². The van der Waals surface area contributed by atoms with Crippen LogP contribution in [0.2, 0.25) is 0 Å². The zero-order valence-electron chi connectivity index (χ0n) is 8.16. The van der Waals surface area contributed by atoms with E-state index in [9.17, 15) is 4.79 Å². The van der Waals surface area contributed by atoms with Gasteiger partial charge < -0.3 is 16.2 Å². The molecule has 1 rings (SSSR count). The molecule has 15 heavy (non-hydrogen) atoms. The van der Waals surface area contributed by atoms with Crippen molar-refractivity contribution in [2.45, 2.75) is 11.1 Å².